The van der Waals surface area contributed by atoms with E-state index in [4.69, 9.17) is 0 Å². The van der Waals surface area contributed by atoms with Crippen LogP contribution in [-0.2, 0) is 13.0 Å². The average Bonchev–Trinajstić information content (AvgIpc) is 2.82. The Morgan fingerprint density at radius 2 is 2.27 bits per heavy atom. The lowest BCUT2D eigenvalue weighted by atomic mass is 10.1. The minimum Gasteiger partial charge on any atom is -0.393 e. The van der Waals surface area contributed by atoms with Crippen molar-refractivity contribution < 1.29 is 5.11 Å². The highest BCUT2D eigenvalue weighted by atomic mass is 16.3. The molecule has 2 aliphatic rings. The van der Waals surface area contributed by atoms with E-state index in [1.807, 2.05) is 0 Å². The lowest BCUT2D eigenvalue weighted by molar-refractivity contribution is 0.140. The molecule has 0 spiro atoms. The molecule has 1 fully saturated rings. The average molecular weight is 208 g/mol. The number of aromatic nitrogens is 3. The molecule has 2 unspecified atom stereocenters. The van der Waals surface area contributed by atoms with Crippen molar-refractivity contribution in [2.75, 3.05) is 6.54 Å². The lowest BCUT2D eigenvalue weighted by Gasteiger charge is -2.21. The van der Waals surface area contributed by atoms with Gasteiger partial charge in [0.05, 0.1) is 12.1 Å². The molecule has 2 atom stereocenters. The van der Waals surface area contributed by atoms with Crippen LogP contribution < -0.4 is 5.32 Å². The van der Waals surface area contributed by atoms with Crippen LogP contribution in [0.15, 0.2) is 0 Å². The van der Waals surface area contributed by atoms with Crippen molar-refractivity contribution >= 4 is 0 Å². The number of hydrogen-bond acceptors (Lipinski definition) is 4. The second kappa shape index (κ2) is 3.57. The Morgan fingerprint density at radius 1 is 1.33 bits per heavy atom. The summed E-state index contributed by atoms with van der Waals surface area (Å²) < 4.78 is 2.18. The predicted molar refractivity (Wildman–Crippen MR) is 54.3 cm³/mol. The zero-order valence-corrected chi connectivity index (χ0v) is 8.69. The number of rotatable bonds is 1. The maximum Gasteiger partial charge on any atom is 0.150 e. The number of fused-ring (bicyclic) bond motifs is 1. The van der Waals surface area contributed by atoms with Gasteiger partial charge < -0.3 is 15.0 Å². The summed E-state index contributed by atoms with van der Waals surface area (Å²) >= 11 is 0. The van der Waals surface area contributed by atoms with Gasteiger partial charge in [0, 0.05) is 13.0 Å². The van der Waals surface area contributed by atoms with Crippen LogP contribution in [0.25, 0.3) is 0 Å². The summed E-state index contributed by atoms with van der Waals surface area (Å²) in [5.74, 6) is 2.01. The molecule has 2 N–H and O–H groups in total. The van der Waals surface area contributed by atoms with Gasteiger partial charge in [-0.05, 0) is 25.8 Å². The first-order valence-corrected chi connectivity index (χ1v) is 5.68. The molecular weight excluding hydrogens is 192 g/mol. The van der Waals surface area contributed by atoms with Gasteiger partial charge in [0.2, 0.25) is 0 Å². The Morgan fingerprint density at radius 3 is 3.07 bits per heavy atom. The molecule has 5 nitrogen and oxygen atoms in total. The van der Waals surface area contributed by atoms with Crippen molar-refractivity contribution in [3.63, 3.8) is 0 Å². The zero-order valence-electron chi connectivity index (χ0n) is 8.69. The maximum absolute atomic E-state index is 9.53. The first-order valence-electron chi connectivity index (χ1n) is 5.68. The Balaban J connectivity index is 1.90. The van der Waals surface area contributed by atoms with Gasteiger partial charge in [0.15, 0.2) is 0 Å². The molecule has 1 aromatic rings. The number of nitrogens with one attached hydrogen (secondary N) is 1. The third kappa shape index (κ3) is 1.55. The fraction of sp³-hybridized carbons (Fsp3) is 0.800. The smallest absolute Gasteiger partial charge is 0.150 e. The van der Waals surface area contributed by atoms with Crippen LogP contribution in [-0.4, -0.2) is 32.5 Å². The van der Waals surface area contributed by atoms with E-state index in [9.17, 15) is 5.11 Å². The molecule has 3 heterocycles. The first kappa shape index (κ1) is 9.30. The summed E-state index contributed by atoms with van der Waals surface area (Å²) in [6, 6.07) is 0.376. The lowest BCUT2D eigenvalue weighted by Crippen LogP contribution is -2.26. The SMILES string of the molecule is OC1CCn2c(nnc2C2CCCN2)C1. The molecule has 82 valence electrons. The van der Waals surface area contributed by atoms with Crippen molar-refractivity contribution in [2.45, 2.75) is 44.4 Å². The van der Waals surface area contributed by atoms with E-state index in [1.165, 1.54) is 6.42 Å². The van der Waals surface area contributed by atoms with Crippen LogP contribution in [0.2, 0.25) is 0 Å². The monoisotopic (exact) mass is 208 g/mol. The van der Waals surface area contributed by atoms with E-state index in [0.717, 1.165) is 37.6 Å². The molecule has 15 heavy (non-hydrogen) atoms. The number of hydrogen-bond donors (Lipinski definition) is 2. The number of nitrogens with zero attached hydrogens (tertiary/aromatic N) is 3. The second-order valence-corrected chi connectivity index (χ2v) is 4.42. The summed E-state index contributed by atoms with van der Waals surface area (Å²) in [5.41, 5.74) is 0. The van der Waals surface area contributed by atoms with Gasteiger partial charge >= 0.3 is 0 Å². The molecule has 3 rings (SSSR count). The molecule has 0 amide bonds. The Labute approximate surface area is 88.5 Å². The molecule has 5 heteroatoms. The van der Waals surface area contributed by atoms with Crippen LogP contribution in [0.1, 0.15) is 37.0 Å². The maximum atomic E-state index is 9.53. The quantitative estimate of drug-likeness (QED) is 0.682. The third-order valence-corrected chi connectivity index (χ3v) is 3.33. The highest BCUT2D eigenvalue weighted by Gasteiger charge is 2.27. The van der Waals surface area contributed by atoms with E-state index < -0.39 is 0 Å². The largest absolute Gasteiger partial charge is 0.393 e. The van der Waals surface area contributed by atoms with Crippen LogP contribution in [0, 0.1) is 0 Å². The van der Waals surface area contributed by atoms with Crippen LogP contribution >= 0.6 is 0 Å². The predicted octanol–water partition coefficient (Wildman–Crippen LogP) is 0.00970. The first-order chi connectivity index (χ1) is 7.34. The summed E-state index contributed by atoms with van der Waals surface area (Å²) in [6.07, 6.45) is 3.62. The van der Waals surface area contributed by atoms with Gasteiger partial charge in [-0.2, -0.15) is 0 Å². The van der Waals surface area contributed by atoms with Crippen LogP contribution in [0.3, 0.4) is 0 Å². The molecule has 0 aliphatic carbocycles. The third-order valence-electron chi connectivity index (χ3n) is 3.33. The second-order valence-electron chi connectivity index (χ2n) is 4.42. The summed E-state index contributed by atoms with van der Waals surface area (Å²) in [7, 11) is 0. The van der Waals surface area contributed by atoms with E-state index in [-0.39, 0.29) is 6.10 Å². The minimum absolute atomic E-state index is 0.230. The molecule has 2 aliphatic heterocycles. The normalized spacial score (nSPS) is 30.5. The number of aliphatic hydroxyl groups excluding tert-OH is 1. The minimum atomic E-state index is -0.230. The molecular formula is C10H16N4O. The van der Waals surface area contributed by atoms with E-state index in [1.54, 1.807) is 0 Å². The van der Waals surface area contributed by atoms with Crippen molar-refractivity contribution in [3.8, 4) is 0 Å². The Bertz CT molecular complexity index is 356. The van der Waals surface area contributed by atoms with Gasteiger partial charge in [0.25, 0.3) is 0 Å². The standard InChI is InChI=1S/C10H16N4O/c15-7-3-5-14-9(6-7)12-13-10(14)8-2-1-4-11-8/h7-8,11,15H,1-6H2. The van der Waals surface area contributed by atoms with Crippen molar-refractivity contribution in [2.24, 2.45) is 0 Å². The topological polar surface area (TPSA) is 63.0 Å². The van der Waals surface area contributed by atoms with Crippen molar-refractivity contribution in [1.82, 2.24) is 20.1 Å². The molecule has 0 radical (unpaired) electrons. The molecule has 0 saturated carbocycles. The van der Waals surface area contributed by atoms with Crippen molar-refractivity contribution in [1.29, 1.82) is 0 Å². The zero-order chi connectivity index (χ0) is 10.3. The van der Waals surface area contributed by atoms with Gasteiger partial charge in [-0.25, -0.2) is 0 Å². The van der Waals surface area contributed by atoms with Gasteiger partial charge in [-0.15, -0.1) is 10.2 Å². The molecule has 1 saturated heterocycles. The van der Waals surface area contributed by atoms with E-state index in [0.29, 0.717) is 12.5 Å². The highest BCUT2D eigenvalue weighted by Crippen LogP contribution is 2.24. The van der Waals surface area contributed by atoms with Gasteiger partial charge in [-0.3, -0.25) is 0 Å². The van der Waals surface area contributed by atoms with Gasteiger partial charge in [-0.1, -0.05) is 0 Å². The van der Waals surface area contributed by atoms with Crippen molar-refractivity contribution in [3.05, 3.63) is 11.6 Å². The summed E-state index contributed by atoms with van der Waals surface area (Å²) in [5, 5.41) is 21.4. The molecule has 0 bridgehead atoms. The van der Waals surface area contributed by atoms with E-state index >= 15 is 0 Å². The Hall–Kier alpha value is -0.940. The van der Waals surface area contributed by atoms with E-state index in [2.05, 4.69) is 20.1 Å². The highest BCUT2D eigenvalue weighted by molar-refractivity contribution is 5.06. The summed E-state index contributed by atoms with van der Waals surface area (Å²) in [6.45, 7) is 1.94. The number of aliphatic hydroxyl groups is 1. The van der Waals surface area contributed by atoms with Crippen LogP contribution in [0.4, 0.5) is 0 Å². The Kier molecular flexibility index (Phi) is 2.21. The summed E-state index contributed by atoms with van der Waals surface area (Å²) in [4.78, 5) is 0. The van der Waals surface area contributed by atoms with Crippen LogP contribution in [0.5, 0.6) is 0 Å². The fourth-order valence-electron chi connectivity index (χ4n) is 2.50. The fourth-order valence-corrected chi connectivity index (χ4v) is 2.50. The molecule has 1 aromatic heterocycles. The van der Waals surface area contributed by atoms with Gasteiger partial charge in [0.1, 0.15) is 11.6 Å². The molecule has 0 aromatic carbocycles.